The van der Waals surface area contributed by atoms with Crippen LogP contribution in [0, 0.1) is 0 Å². The van der Waals surface area contributed by atoms with Gasteiger partial charge in [0.05, 0.1) is 25.6 Å². The van der Waals surface area contributed by atoms with Gasteiger partial charge >= 0.3 is 13.9 Å². The van der Waals surface area contributed by atoms with Crippen LogP contribution in [0.25, 0.3) is 11.2 Å². The maximum atomic E-state index is 15.5. The number of aliphatic hydroxyl groups excluding tert-OH is 1. The molecule has 2 aromatic rings. The second-order valence-electron chi connectivity index (χ2n) is 8.19. The van der Waals surface area contributed by atoms with E-state index in [0.717, 1.165) is 10.9 Å². The van der Waals surface area contributed by atoms with E-state index in [1.807, 2.05) is 0 Å². The number of aromatic amines is 1. The van der Waals surface area contributed by atoms with Crippen molar-refractivity contribution in [1.82, 2.24) is 19.5 Å². The molecule has 0 spiro atoms. The van der Waals surface area contributed by atoms with E-state index in [1.165, 1.54) is 7.11 Å². The summed E-state index contributed by atoms with van der Waals surface area (Å²) in [5, 5.41) is 9.58. The highest BCUT2D eigenvalue weighted by molar-refractivity contribution is 8.39. The monoisotopic (exact) mass is 604 g/mol. The molecule has 0 saturated carbocycles. The van der Waals surface area contributed by atoms with E-state index in [2.05, 4.69) is 27.2 Å². The highest BCUT2D eigenvalue weighted by atomic mass is 32.7. The third-order valence-electron chi connectivity index (χ3n) is 5.85. The van der Waals surface area contributed by atoms with Crippen molar-refractivity contribution in [3.8, 4) is 0 Å². The van der Waals surface area contributed by atoms with E-state index in [-0.39, 0.29) is 17.1 Å². The SMILES string of the molecule is COC1[C@H](C)O[C@H](CO)[C@@H]1OP(O)(=S)OC[C@H]1O[C@@H](n2cnc3c(=O)[nH]c(N)nc32)C(F)[C@H]1O[P+](=O)S. The molecule has 15 nitrogen and oxygen atoms in total. The fourth-order valence-corrected chi connectivity index (χ4v) is 6.50. The van der Waals surface area contributed by atoms with Crippen LogP contribution in [-0.2, 0) is 44.2 Å². The Morgan fingerprint density at radius 1 is 1.38 bits per heavy atom. The number of aromatic nitrogens is 4. The van der Waals surface area contributed by atoms with Crippen LogP contribution in [0.15, 0.2) is 11.1 Å². The lowest BCUT2D eigenvalue weighted by molar-refractivity contribution is -0.0472. The first kappa shape index (κ1) is 28.9. The van der Waals surface area contributed by atoms with Gasteiger partial charge in [0, 0.05) is 7.11 Å². The highest BCUT2D eigenvalue weighted by Gasteiger charge is 2.52. The smallest absolute Gasteiger partial charge is 0.394 e. The Morgan fingerprint density at radius 3 is 2.76 bits per heavy atom. The minimum absolute atomic E-state index is 0.0592. The molecular formula is C17H25FN5O10P2S2+. The molecule has 0 amide bonds. The largest absolute Gasteiger partial charge is 0.582 e. The number of alkyl halides is 1. The molecule has 4 unspecified atom stereocenters. The van der Waals surface area contributed by atoms with Gasteiger partial charge in [-0.25, -0.2) is 9.37 Å². The van der Waals surface area contributed by atoms with Gasteiger partial charge in [-0.1, -0.05) is 0 Å². The van der Waals surface area contributed by atoms with Gasteiger partial charge in [0.1, 0.15) is 36.7 Å². The molecule has 2 aromatic heterocycles. The number of aliphatic hydroxyl groups is 1. The normalized spacial score (nSPS) is 34.2. The van der Waals surface area contributed by atoms with Gasteiger partial charge in [-0.05, 0) is 23.3 Å². The van der Waals surface area contributed by atoms with E-state index in [0.29, 0.717) is 0 Å². The van der Waals surface area contributed by atoms with Crippen molar-refractivity contribution in [3.63, 3.8) is 0 Å². The lowest BCUT2D eigenvalue weighted by Crippen LogP contribution is -2.37. The summed E-state index contributed by atoms with van der Waals surface area (Å²) >= 11 is 8.79. The first-order valence-electron chi connectivity index (χ1n) is 10.7. The van der Waals surface area contributed by atoms with E-state index in [1.54, 1.807) is 6.92 Å². The van der Waals surface area contributed by atoms with Crippen LogP contribution >= 0.6 is 26.2 Å². The van der Waals surface area contributed by atoms with Gasteiger partial charge in [0.25, 0.3) is 5.56 Å². The van der Waals surface area contributed by atoms with Crippen molar-refractivity contribution in [2.45, 2.75) is 55.9 Å². The molecule has 2 aliphatic rings. The lowest BCUT2D eigenvalue weighted by atomic mass is 10.1. The standard InChI is InChI=1S/C17H24FN5O10P2S2/c1-6-11(28-2)13(7(3-24)30-6)33-35(27,37)29-4-8-12(32-34(26)36)9(18)16(31-8)23-5-20-10-14(23)21-17(19)22-15(10)25/h5-9,11-13,16,24H,3-4H2,1-2H3,(H4-,19,21,22,25,26,27,36,37)/p+1/t6-,7+,8+,9?,11?,12-,13-,16+,35?/m0/s1. The minimum Gasteiger partial charge on any atom is -0.394 e. The predicted octanol–water partition coefficient (Wildman–Crippen LogP) is 0.323. The molecule has 4 heterocycles. The van der Waals surface area contributed by atoms with E-state index in [4.69, 9.17) is 45.3 Å². The molecule has 37 heavy (non-hydrogen) atoms. The number of H-pyrrole nitrogens is 1. The van der Waals surface area contributed by atoms with E-state index < -0.39 is 81.7 Å². The summed E-state index contributed by atoms with van der Waals surface area (Å²) in [7, 11) is -1.17. The van der Waals surface area contributed by atoms with Crippen LogP contribution in [0.1, 0.15) is 13.2 Å². The van der Waals surface area contributed by atoms with Crippen molar-refractivity contribution < 1.29 is 46.7 Å². The first-order valence-corrected chi connectivity index (χ1v) is 15.7. The Bertz CT molecular complexity index is 1250. The Hall–Kier alpha value is -1.14. The van der Waals surface area contributed by atoms with Gasteiger partial charge in [-0.3, -0.25) is 18.9 Å². The summed E-state index contributed by atoms with van der Waals surface area (Å²) in [6, 6.07) is 0. The zero-order chi connectivity index (χ0) is 27.1. The number of ether oxygens (including phenoxy) is 3. The molecule has 10 atom stereocenters. The number of imidazole rings is 1. The maximum Gasteiger partial charge on any atom is 0.582 e. The number of fused-ring (bicyclic) bond motifs is 1. The van der Waals surface area contributed by atoms with Gasteiger partial charge in [0.2, 0.25) is 5.95 Å². The van der Waals surface area contributed by atoms with Gasteiger partial charge < -0.3 is 34.5 Å². The molecule has 206 valence electrons. The number of nitrogens with two attached hydrogens (primary N) is 1. The van der Waals surface area contributed by atoms with Crippen LogP contribution in [0.3, 0.4) is 0 Å². The summed E-state index contributed by atoms with van der Waals surface area (Å²) in [6.45, 7) is -3.28. The zero-order valence-electron chi connectivity index (χ0n) is 19.3. The first-order chi connectivity index (χ1) is 17.5. The number of methoxy groups -OCH3 is 1. The lowest BCUT2D eigenvalue weighted by Gasteiger charge is -2.27. The number of hydrogen-bond acceptors (Lipinski definition) is 13. The molecule has 0 aliphatic carbocycles. The number of nitrogens with zero attached hydrogens (tertiary/aromatic N) is 3. The quantitative estimate of drug-likeness (QED) is 0.183. The fourth-order valence-electron chi connectivity index (χ4n) is 4.27. The maximum absolute atomic E-state index is 15.5. The Kier molecular flexibility index (Phi) is 9.00. The average Bonchev–Trinajstić information content (AvgIpc) is 3.46. The third-order valence-corrected chi connectivity index (χ3v) is 8.12. The topological polar surface area (TPSA) is 203 Å². The molecule has 0 aromatic carbocycles. The third kappa shape index (κ3) is 6.05. The number of nitrogens with one attached hydrogen (secondary N) is 1. The molecule has 5 N–H and O–H groups in total. The number of hydrogen-bond donors (Lipinski definition) is 5. The van der Waals surface area contributed by atoms with Gasteiger partial charge in [-0.15, -0.1) is 4.52 Å². The van der Waals surface area contributed by atoms with Crippen molar-refractivity contribution in [3.05, 3.63) is 16.7 Å². The van der Waals surface area contributed by atoms with Crippen molar-refractivity contribution >= 4 is 55.1 Å². The second kappa shape index (κ2) is 11.5. The number of halogens is 1. The average molecular weight is 604 g/mol. The Labute approximate surface area is 220 Å². The summed E-state index contributed by atoms with van der Waals surface area (Å²) < 4.78 is 61.1. The molecular weight excluding hydrogens is 579 g/mol. The molecule has 2 fully saturated rings. The van der Waals surface area contributed by atoms with Crippen LogP contribution in [0.4, 0.5) is 10.3 Å². The van der Waals surface area contributed by atoms with Crippen LogP contribution in [0.5, 0.6) is 0 Å². The zero-order valence-corrected chi connectivity index (χ0v) is 22.8. The van der Waals surface area contributed by atoms with E-state index in [9.17, 15) is 19.4 Å². The number of rotatable bonds is 10. The van der Waals surface area contributed by atoms with Crippen LogP contribution < -0.4 is 11.3 Å². The highest BCUT2D eigenvalue weighted by Crippen LogP contribution is 2.49. The molecule has 20 heteroatoms. The van der Waals surface area contributed by atoms with Gasteiger partial charge in [-0.2, -0.15) is 4.98 Å². The van der Waals surface area contributed by atoms with Crippen molar-refractivity contribution in [2.24, 2.45) is 0 Å². The van der Waals surface area contributed by atoms with Gasteiger partial charge in [0.15, 0.2) is 29.7 Å². The van der Waals surface area contributed by atoms with Crippen LogP contribution in [-0.4, -0.2) is 92.6 Å². The predicted molar refractivity (Wildman–Crippen MR) is 132 cm³/mol. The molecule has 0 bridgehead atoms. The molecule has 4 rings (SSSR count). The van der Waals surface area contributed by atoms with Crippen molar-refractivity contribution in [2.75, 3.05) is 26.1 Å². The fraction of sp³-hybridized carbons (Fsp3) is 0.706. The number of anilines is 1. The number of nitrogen functional groups attached to an aromatic ring is 1. The summed E-state index contributed by atoms with van der Waals surface area (Å²) in [4.78, 5) is 33.0. The van der Waals surface area contributed by atoms with E-state index >= 15 is 4.39 Å². The summed E-state index contributed by atoms with van der Waals surface area (Å²) in [5.41, 5.74) is 4.79. The summed E-state index contributed by atoms with van der Waals surface area (Å²) in [5.74, 6) is -0.224. The molecule has 2 aliphatic heterocycles. The molecule has 2 saturated heterocycles. The molecule has 0 radical (unpaired) electrons. The van der Waals surface area contributed by atoms with Crippen LogP contribution in [0.2, 0.25) is 0 Å². The Morgan fingerprint density at radius 2 is 2.11 bits per heavy atom. The second-order valence-corrected chi connectivity index (χ2v) is 12.6. The number of thiol groups is 1. The Balaban J connectivity index is 1.52. The van der Waals surface area contributed by atoms with Crippen molar-refractivity contribution in [1.29, 1.82) is 0 Å². The summed E-state index contributed by atoms with van der Waals surface area (Å²) in [6.07, 6.45) is -7.91. The minimum atomic E-state index is -4.02.